The molecule has 0 N–H and O–H groups in total. The zero-order valence-electron chi connectivity index (χ0n) is 15.3. The highest BCUT2D eigenvalue weighted by Gasteiger charge is 2.27. The van der Waals surface area contributed by atoms with Gasteiger partial charge in [-0.3, -0.25) is 9.59 Å². The van der Waals surface area contributed by atoms with Crippen LogP contribution in [-0.2, 0) is 0 Å². The van der Waals surface area contributed by atoms with Crippen LogP contribution < -0.4 is 4.74 Å². The zero-order valence-corrected chi connectivity index (χ0v) is 17.0. The minimum Gasteiger partial charge on any atom is -0.497 e. The van der Waals surface area contributed by atoms with Crippen LogP contribution in [0.2, 0.25) is 0 Å². The maximum absolute atomic E-state index is 12.8. The summed E-state index contributed by atoms with van der Waals surface area (Å²) in [6, 6.07) is 11.3. The number of carbonyl (C=O) groups excluding carboxylic acids is 2. The number of aromatic nitrogens is 1. The van der Waals surface area contributed by atoms with Crippen molar-refractivity contribution in [3.05, 3.63) is 57.7 Å². The SMILES string of the molecule is COc1ccc(-c2nc(C(=O)N3CCN(C(=O)c4cccs4)CC3)cs2)cc1. The molecule has 6 nitrogen and oxygen atoms in total. The monoisotopic (exact) mass is 413 g/mol. The van der Waals surface area contributed by atoms with Gasteiger partial charge in [0, 0.05) is 37.1 Å². The Bertz CT molecular complexity index is 959. The second-order valence-corrected chi connectivity index (χ2v) is 8.13. The van der Waals surface area contributed by atoms with E-state index in [0.717, 1.165) is 21.2 Å². The second-order valence-electron chi connectivity index (χ2n) is 6.33. The van der Waals surface area contributed by atoms with Crippen LogP contribution >= 0.6 is 22.7 Å². The van der Waals surface area contributed by atoms with E-state index in [0.29, 0.717) is 31.9 Å². The maximum Gasteiger partial charge on any atom is 0.273 e. The van der Waals surface area contributed by atoms with Gasteiger partial charge in [-0.05, 0) is 35.7 Å². The summed E-state index contributed by atoms with van der Waals surface area (Å²) in [5, 5.41) is 4.50. The first-order valence-corrected chi connectivity index (χ1v) is 10.6. The molecule has 0 unspecified atom stereocenters. The number of carbonyl (C=O) groups is 2. The third kappa shape index (κ3) is 3.79. The molecular weight excluding hydrogens is 394 g/mol. The summed E-state index contributed by atoms with van der Waals surface area (Å²) in [6.07, 6.45) is 0. The van der Waals surface area contributed by atoms with Crippen molar-refractivity contribution in [3.8, 4) is 16.3 Å². The van der Waals surface area contributed by atoms with Crippen LogP contribution in [0.4, 0.5) is 0 Å². The smallest absolute Gasteiger partial charge is 0.273 e. The number of thiophene rings is 1. The highest BCUT2D eigenvalue weighted by molar-refractivity contribution is 7.13. The molecule has 144 valence electrons. The molecule has 0 saturated carbocycles. The first kappa shape index (κ1) is 18.6. The van der Waals surface area contributed by atoms with Crippen LogP contribution in [0.3, 0.4) is 0 Å². The Labute approximate surface area is 171 Å². The summed E-state index contributed by atoms with van der Waals surface area (Å²) in [7, 11) is 1.63. The summed E-state index contributed by atoms with van der Waals surface area (Å²) in [5.74, 6) is 0.739. The van der Waals surface area contributed by atoms with Crippen LogP contribution in [-0.4, -0.2) is 59.9 Å². The van der Waals surface area contributed by atoms with Gasteiger partial charge in [0.1, 0.15) is 16.5 Å². The first-order valence-electron chi connectivity index (χ1n) is 8.87. The van der Waals surface area contributed by atoms with E-state index < -0.39 is 0 Å². The van der Waals surface area contributed by atoms with E-state index in [1.165, 1.54) is 22.7 Å². The van der Waals surface area contributed by atoms with Crippen molar-refractivity contribution in [2.75, 3.05) is 33.3 Å². The van der Waals surface area contributed by atoms with E-state index in [4.69, 9.17) is 4.74 Å². The number of hydrogen-bond donors (Lipinski definition) is 0. The van der Waals surface area contributed by atoms with Crippen molar-refractivity contribution < 1.29 is 14.3 Å². The molecule has 0 radical (unpaired) electrons. The number of rotatable bonds is 4. The minimum atomic E-state index is -0.0840. The Hall–Kier alpha value is -2.71. The number of benzene rings is 1. The Morgan fingerprint density at radius 2 is 1.64 bits per heavy atom. The van der Waals surface area contributed by atoms with Crippen molar-refractivity contribution in [1.82, 2.24) is 14.8 Å². The second kappa shape index (κ2) is 8.12. The van der Waals surface area contributed by atoms with Crippen LogP contribution in [0.25, 0.3) is 10.6 Å². The standard InChI is InChI=1S/C20H19N3O3S2/c1-26-15-6-4-14(5-7-15)18-21-16(13-28-18)19(24)22-8-10-23(11-9-22)20(25)17-3-2-12-27-17/h2-7,12-13H,8-11H2,1H3. The highest BCUT2D eigenvalue weighted by Crippen LogP contribution is 2.26. The molecule has 3 heterocycles. The molecule has 0 aliphatic carbocycles. The van der Waals surface area contributed by atoms with Crippen LogP contribution in [0.1, 0.15) is 20.2 Å². The van der Waals surface area contributed by atoms with Gasteiger partial charge in [-0.2, -0.15) is 0 Å². The molecule has 3 aromatic rings. The first-order chi connectivity index (χ1) is 13.7. The summed E-state index contributed by atoms with van der Waals surface area (Å²) >= 11 is 2.89. The molecule has 8 heteroatoms. The third-order valence-corrected chi connectivity index (χ3v) is 6.40. The van der Waals surface area contributed by atoms with E-state index in [1.54, 1.807) is 22.3 Å². The van der Waals surface area contributed by atoms with Crippen LogP contribution in [0.5, 0.6) is 5.75 Å². The van der Waals surface area contributed by atoms with Gasteiger partial charge in [-0.25, -0.2) is 4.98 Å². The predicted octanol–water partition coefficient (Wildman–Crippen LogP) is 3.48. The number of amides is 2. The fraction of sp³-hybridized carbons (Fsp3) is 0.250. The number of hydrogen-bond acceptors (Lipinski definition) is 6. The van der Waals surface area contributed by atoms with E-state index in [1.807, 2.05) is 41.8 Å². The van der Waals surface area contributed by atoms with Gasteiger partial charge >= 0.3 is 0 Å². The van der Waals surface area contributed by atoms with Crippen molar-refractivity contribution in [2.45, 2.75) is 0 Å². The van der Waals surface area contributed by atoms with Crippen LogP contribution in [0, 0.1) is 0 Å². The van der Waals surface area contributed by atoms with Gasteiger partial charge in [0.25, 0.3) is 11.8 Å². The Morgan fingerprint density at radius 3 is 2.25 bits per heavy atom. The van der Waals surface area contributed by atoms with Gasteiger partial charge in [0.05, 0.1) is 12.0 Å². The maximum atomic E-state index is 12.8. The molecule has 1 aliphatic rings. The van der Waals surface area contributed by atoms with E-state index in [2.05, 4.69) is 4.98 Å². The largest absolute Gasteiger partial charge is 0.497 e. The summed E-state index contributed by atoms with van der Waals surface area (Å²) in [5.41, 5.74) is 1.41. The number of nitrogens with zero attached hydrogens (tertiary/aromatic N) is 3. The highest BCUT2D eigenvalue weighted by atomic mass is 32.1. The summed E-state index contributed by atoms with van der Waals surface area (Å²) in [6.45, 7) is 2.12. The average Bonchev–Trinajstić information content (AvgIpc) is 3.45. The molecule has 1 saturated heterocycles. The Balaban J connectivity index is 1.39. The van der Waals surface area contributed by atoms with Crippen molar-refractivity contribution in [1.29, 1.82) is 0 Å². The van der Waals surface area contributed by atoms with Crippen molar-refractivity contribution in [3.63, 3.8) is 0 Å². The average molecular weight is 414 g/mol. The lowest BCUT2D eigenvalue weighted by molar-refractivity contribution is 0.0535. The lowest BCUT2D eigenvalue weighted by atomic mass is 10.2. The van der Waals surface area contributed by atoms with E-state index >= 15 is 0 Å². The van der Waals surface area contributed by atoms with Crippen molar-refractivity contribution in [2.24, 2.45) is 0 Å². The Kier molecular flexibility index (Phi) is 5.40. The number of ether oxygens (including phenoxy) is 1. The molecule has 1 aromatic carbocycles. The predicted molar refractivity (Wildman–Crippen MR) is 110 cm³/mol. The zero-order chi connectivity index (χ0) is 19.5. The fourth-order valence-electron chi connectivity index (χ4n) is 3.07. The topological polar surface area (TPSA) is 62.7 Å². The van der Waals surface area contributed by atoms with Crippen molar-refractivity contribution >= 4 is 34.5 Å². The van der Waals surface area contributed by atoms with Gasteiger partial charge in [0.2, 0.25) is 0 Å². The summed E-state index contributed by atoms with van der Waals surface area (Å²) in [4.78, 5) is 34.1. The van der Waals surface area contributed by atoms with Gasteiger partial charge in [0.15, 0.2) is 0 Å². The molecule has 0 spiro atoms. The number of thiazole rings is 1. The van der Waals surface area contributed by atoms with E-state index in [9.17, 15) is 9.59 Å². The van der Waals surface area contributed by atoms with Gasteiger partial charge < -0.3 is 14.5 Å². The molecule has 4 rings (SSSR count). The van der Waals surface area contributed by atoms with Crippen LogP contribution in [0.15, 0.2) is 47.2 Å². The molecule has 0 atom stereocenters. The quantitative estimate of drug-likeness (QED) is 0.657. The third-order valence-electron chi connectivity index (χ3n) is 4.65. The molecule has 2 amide bonds. The normalized spacial score (nSPS) is 14.2. The minimum absolute atomic E-state index is 0.0394. The molecule has 1 aliphatic heterocycles. The molecule has 2 aromatic heterocycles. The lowest BCUT2D eigenvalue weighted by Gasteiger charge is -2.34. The number of methoxy groups -OCH3 is 1. The number of piperazine rings is 1. The van der Waals surface area contributed by atoms with Gasteiger partial charge in [-0.15, -0.1) is 22.7 Å². The molecule has 28 heavy (non-hydrogen) atoms. The molecule has 0 bridgehead atoms. The van der Waals surface area contributed by atoms with E-state index in [-0.39, 0.29) is 11.8 Å². The fourth-order valence-corrected chi connectivity index (χ4v) is 4.56. The molecule has 1 fully saturated rings. The lowest BCUT2D eigenvalue weighted by Crippen LogP contribution is -2.50. The van der Waals surface area contributed by atoms with Gasteiger partial charge in [-0.1, -0.05) is 6.07 Å². The summed E-state index contributed by atoms with van der Waals surface area (Å²) < 4.78 is 5.17. The molecular formula is C20H19N3O3S2. The Morgan fingerprint density at radius 1 is 0.964 bits per heavy atom.